The van der Waals surface area contributed by atoms with E-state index in [1.807, 2.05) is 19.9 Å². The van der Waals surface area contributed by atoms with E-state index >= 15 is 4.39 Å². The molecular formula is C27H28FN9O. The van der Waals surface area contributed by atoms with Gasteiger partial charge in [-0.2, -0.15) is 5.10 Å². The first-order chi connectivity index (χ1) is 18.4. The summed E-state index contributed by atoms with van der Waals surface area (Å²) in [4.78, 5) is 33.6. The third kappa shape index (κ3) is 4.34. The monoisotopic (exact) mass is 513 g/mol. The highest BCUT2D eigenvalue weighted by molar-refractivity contribution is 5.97. The highest BCUT2D eigenvalue weighted by Gasteiger charge is 2.21. The summed E-state index contributed by atoms with van der Waals surface area (Å²) < 4.78 is 15.2. The zero-order valence-electron chi connectivity index (χ0n) is 21.4. The molecule has 1 aromatic carbocycles. The van der Waals surface area contributed by atoms with Crippen molar-refractivity contribution < 1.29 is 9.18 Å². The minimum atomic E-state index is -0.425. The Bertz CT molecular complexity index is 1650. The number of H-pyrrole nitrogens is 2. The van der Waals surface area contributed by atoms with Crippen LogP contribution in [0.1, 0.15) is 13.8 Å². The van der Waals surface area contributed by atoms with Gasteiger partial charge < -0.3 is 20.1 Å². The molecule has 0 aliphatic carbocycles. The number of aromatic nitrogens is 6. The number of rotatable bonds is 5. The molecule has 1 aliphatic heterocycles. The van der Waals surface area contributed by atoms with Gasteiger partial charge in [-0.05, 0) is 25.2 Å². The molecule has 5 aromatic rings. The van der Waals surface area contributed by atoms with E-state index in [-0.39, 0.29) is 11.8 Å². The quantitative estimate of drug-likeness (QED) is 0.324. The summed E-state index contributed by atoms with van der Waals surface area (Å²) >= 11 is 0. The molecule has 11 heteroatoms. The molecule has 6 rings (SSSR count). The Hall–Kier alpha value is -4.38. The number of aromatic amines is 2. The number of imidazole rings is 1. The maximum atomic E-state index is 15.2. The van der Waals surface area contributed by atoms with Crippen LogP contribution in [0.25, 0.3) is 44.7 Å². The number of nitrogens with one attached hydrogen (secondary N) is 3. The molecule has 0 radical (unpaired) electrons. The Morgan fingerprint density at radius 1 is 1.13 bits per heavy atom. The molecule has 1 saturated heterocycles. The summed E-state index contributed by atoms with van der Waals surface area (Å²) in [6, 6.07) is 6.86. The van der Waals surface area contributed by atoms with E-state index in [4.69, 9.17) is 4.98 Å². The third-order valence-corrected chi connectivity index (χ3v) is 6.93. The van der Waals surface area contributed by atoms with Crippen LogP contribution < -0.4 is 10.2 Å². The summed E-state index contributed by atoms with van der Waals surface area (Å²) in [7, 11) is 2.13. The molecule has 4 aromatic heterocycles. The fourth-order valence-corrected chi connectivity index (χ4v) is 4.70. The number of carbonyl (C=O) groups is 1. The third-order valence-electron chi connectivity index (χ3n) is 6.93. The van der Waals surface area contributed by atoms with Gasteiger partial charge in [0.1, 0.15) is 17.0 Å². The van der Waals surface area contributed by atoms with Crippen LogP contribution in [0.5, 0.6) is 0 Å². The van der Waals surface area contributed by atoms with Gasteiger partial charge in [0.05, 0.1) is 23.1 Å². The lowest BCUT2D eigenvalue weighted by Gasteiger charge is -2.34. The van der Waals surface area contributed by atoms with Crippen molar-refractivity contribution in [1.29, 1.82) is 0 Å². The number of halogens is 1. The van der Waals surface area contributed by atoms with Crippen LogP contribution in [0.2, 0.25) is 0 Å². The van der Waals surface area contributed by atoms with Gasteiger partial charge in [0.15, 0.2) is 11.5 Å². The number of hydrogen-bond acceptors (Lipinski definition) is 7. The van der Waals surface area contributed by atoms with Gasteiger partial charge in [-0.15, -0.1) is 0 Å². The number of carbonyl (C=O) groups excluding carboxylic acids is 1. The molecule has 1 fully saturated rings. The number of benzene rings is 1. The molecule has 0 bridgehead atoms. The van der Waals surface area contributed by atoms with Crippen molar-refractivity contribution in [1.82, 2.24) is 35.0 Å². The van der Waals surface area contributed by atoms with Gasteiger partial charge in [0.2, 0.25) is 5.91 Å². The van der Waals surface area contributed by atoms with E-state index in [1.54, 1.807) is 30.7 Å². The first-order valence-electron chi connectivity index (χ1n) is 12.6. The van der Waals surface area contributed by atoms with Crippen molar-refractivity contribution in [2.75, 3.05) is 43.4 Å². The molecule has 0 unspecified atom stereocenters. The summed E-state index contributed by atoms with van der Waals surface area (Å²) in [6.45, 7) is 7.43. The Kier molecular flexibility index (Phi) is 5.99. The Balaban J connectivity index is 1.39. The van der Waals surface area contributed by atoms with Gasteiger partial charge >= 0.3 is 0 Å². The first kappa shape index (κ1) is 24.0. The molecule has 1 aliphatic rings. The number of hydrogen-bond donors (Lipinski definition) is 3. The molecule has 38 heavy (non-hydrogen) atoms. The molecule has 0 atom stereocenters. The average Bonchev–Trinajstić information content (AvgIpc) is 3.52. The summed E-state index contributed by atoms with van der Waals surface area (Å²) in [5.41, 5.74) is 5.03. The Morgan fingerprint density at radius 3 is 2.74 bits per heavy atom. The van der Waals surface area contributed by atoms with E-state index in [2.05, 4.69) is 47.3 Å². The van der Waals surface area contributed by atoms with Gasteiger partial charge in [-0.1, -0.05) is 13.8 Å². The zero-order valence-corrected chi connectivity index (χ0v) is 21.4. The van der Waals surface area contributed by atoms with Crippen LogP contribution in [-0.2, 0) is 4.79 Å². The van der Waals surface area contributed by atoms with Crippen LogP contribution in [0.4, 0.5) is 15.8 Å². The Morgan fingerprint density at radius 2 is 1.95 bits per heavy atom. The van der Waals surface area contributed by atoms with E-state index in [1.165, 1.54) is 6.07 Å². The highest BCUT2D eigenvalue weighted by atomic mass is 19.1. The van der Waals surface area contributed by atoms with E-state index < -0.39 is 5.82 Å². The second-order valence-corrected chi connectivity index (χ2v) is 9.96. The highest BCUT2D eigenvalue weighted by Crippen LogP contribution is 2.34. The van der Waals surface area contributed by atoms with Crippen LogP contribution >= 0.6 is 0 Å². The molecular weight excluding hydrogens is 485 g/mol. The molecule has 3 N–H and O–H groups in total. The molecule has 0 spiro atoms. The number of amides is 1. The number of likely N-dealkylation sites (N-methyl/N-ethyl adjacent to an activating group) is 1. The normalized spacial score (nSPS) is 14.6. The number of nitrogens with zero attached hydrogens (tertiary/aromatic N) is 6. The molecule has 10 nitrogen and oxygen atoms in total. The second kappa shape index (κ2) is 9.49. The zero-order chi connectivity index (χ0) is 26.4. The maximum Gasteiger partial charge on any atom is 0.226 e. The van der Waals surface area contributed by atoms with Crippen molar-refractivity contribution in [3.63, 3.8) is 0 Å². The lowest BCUT2D eigenvalue weighted by Crippen LogP contribution is -2.44. The Labute approximate surface area is 218 Å². The van der Waals surface area contributed by atoms with Gasteiger partial charge in [-0.25, -0.2) is 14.4 Å². The fraction of sp³-hybridized carbons (Fsp3) is 0.296. The van der Waals surface area contributed by atoms with Crippen molar-refractivity contribution in [2.45, 2.75) is 13.8 Å². The number of anilines is 2. The maximum absolute atomic E-state index is 15.2. The van der Waals surface area contributed by atoms with Crippen LogP contribution in [0.15, 0.2) is 42.9 Å². The molecule has 0 saturated carbocycles. The minimum Gasteiger partial charge on any atom is -0.367 e. The van der Waals surface area contributed by atoms with Crippen molar-refractivity contribution in [3.05, 3.63) is 48.7 Å². The van der Waals surface area contributed by atoms with Gasteiger partial charge in [-0.3, -0.25) is 14.9 Å². The largest absolute Gasteiger partial charge is 0.367 e. The molecule has 5 heterocycles. The summed E-state index contributed by atoms with van der Waals surface area (Å²) in [5, 5.41) is 10.9. The topological polar surface area (TPSA) is 119 Å². The second-order valence-electron chi connectivity index (χ2n) is 9.96. The standard InChI is InChI=1S/C27H28FN9O/c1-15(2)27(38)31-17-10-16(13-29-14-17)18-11-19-21(12-20(18)28)34-35-23(19)26-32-24-22(4-5-30-25(24)33-26)37-8-6-36(3)7-9-37/h4-5,10-15H,6-9H2,1-3H3,(H,31,38)(H,34,35)(H,30,32,33). The predicted octanol–water partition coefficient (Wildman–Crippen LogP) is 4.05. The van der Waals surface area contributed by atoms with Crippen molar-refractivity contribution in [3.8, 4) is 22.6 Å². The average molecular weight is 514 g/mol. The lowest BCUT2D eigenvalue weighted by molar-refractivity contribution is -0.118. The smallest absolute Gasteiger partial charge is 0.226 e. The SMILES string of the molecule is CC(C)C(=O)Nc1cncc(-c2cc3c(-c4nc5nccc(N6CCN(C)CC6)c5[nH]4)n[nH]c3cc2F)c1. The fourth-order valence-electron chi connectivity index (χ4n) is 4.70. The van der Waals surface area contributed by atoms with Crippen LogP contribution in [0.3, 0.4) is 0 Å². The number of pyridine rings is 2. The van der Waals surface area contributed by atoms with Gasteiger partial charge in [0.25, 0.3) is 0 Å². The van der Waals surface area contributed by atoms with Crippen LogP contribution in [-0.4, -0.2) is 74.2 Å². The lowest BCUT2D eigenvalue weighted by atomic mass is 10.0. The van der Waals surface area contributed by atoms with E-state index in [0.717, 1.165) is 37.4 Å². The van der Waals surface area contributed by atoms with Gasteiger partial charge in [0, 0.05) is 67.1 Å². The first-order valence-corrected chi connectivity index (χ1v) is 12.6. The van der Waals surface area contributed by atoms with E-state index in [0.29, 0.717) is 44.9 Å². The molecule has 1 amide bonds. The molecule has 194 valence electrons. The summed E-state index contributed by atoms with van der Waals surface area (Å²) in [6.07, 6.45) is 4.89. The number of fused-ring (bicyclic) bond motifs is 2. The van der Waals surface area contributed by atoms with Crippen molar-refractivity contribution in [2.24, 2.45) is 5.92 Å². The van der Waals surface area contributed by atoms with E-state index in [9.17, 15) is 4.79 Å². The van der Waals surface area contributed by atoms with Crippen molar-refractivity contribution >= 4 is 39.3 Å². The van der Waals surface area contributed by atoms with Crippen LogP contribution in [0, 0.1) is 11.7 Å². The number of piperazine rings is 1. The predicted molar refractivity (Wildman–Crippen MR) is 145 cm³/mol. The minimum absolute atomic E-state index is 0.133. The summed E-state index contributed by atoms with van der Waals surface area (Å²) in [5.74, 6) is -0.193.